The second kappa shape index (κ2) is 6.69. The number of nitrogens with zero attached hydrogens (tertiary/aromatic N) is 1. The molecule has 4 heteroatoms. The second-order valence-electron chi connectivity index (χ2n) is 4.41. The van der Waals surface area contributed by atoms with Crippen LogP contribution >= 0.6 is 11.8 Å². The summed E-state index contributed by atoms with van der Waals surface area (Å²) in [5.74, 6) is 1.61. The topological polar surface area (TPSA) is 29.5 Å². The highest BCUT2D eigenvalue weighted by atomic mass is 32.2. The van der Waals surface area contributed by atoms with E-state index in [1.165, 1.54) is 6.42 Å². The second-order valence-corrected chi connectivity index (χ2v) is 5.46. The summed E-state index contributed by atoms with van der Waals surface area (Å²) in [7, 11) is 1.66. The van der Waals surface area contributed by atoms with Gasteiger partial charge in [-0.3, -0.25) is 4.79 Å². The molecule has 0 aliphatic carbocycles. The minimum Gasteiger partial charge on any atom is -0.497 e. The van der Waals surface area contributed by atoms with Crippen LogP contribution in [0, 0.1) is 0 Å². The predicted octanol–water partition coefficient (Wildman–Crippen LogP) is 2.80. The van der Waals surface area contributed by atoms with Crippen LogP contribution in [0.1, 0.15) is 19.3 Å². The van der Waals surface area contributed by atoms with Crippen LogP contribution in [0.25, 0.3) is 0 Å². The lowest BCUT2D eigenvalue weighted by atomic mass is 10.1. The predicted molar refractivity (Wildman–Crippen MR) is 74.1 cm³/mol. The van der Waals surface area contributed by atoms with Crippen molar-refractivity contribution in [2.75, 3.05) is 26.0 Å². The van der Waals surface area contributed by atoms with Crippen LogP contribution in [-0.2, 0) is 4.79 Å². The van der Waals surface area contributed by atoms with Crippen LogP contribution in [0.2, 0.25) is 0 Å². The van der Waals surface area contributed by atoms with Crippen molar-refractivity contribution in [3.63, 3.8) is 0 Å². The number of rotatable bonds is 4. The first-order valence-electron chi connectivity index (χ1n) is 6.34. The molecule has 1 aromatic rings. The number of carbonyl (C=O) groups is 1. The van der Waals surface area contributed by atoms with Gasteiger partial charge in [0.2, 0.25) is 5.91 Å². The van der Waals surface area contributed by atoms with E-state index in [0.29, 0.717) is 5.75 Å². The highest BCUT2D eigenvalue weighted by Gasteiger charge is 2.16. The van der Waals surface area contributed by atoms with Crippen molar-refractivity contribution in [1.29, 1.82) is 0 Å². The van der Waals surface area contributed by atoms with Gasteiger partial charge in [0.15, 0.2) is 0 Å². The molecule has 18 heavy (non-hydrogen) atoms. The zero-order valence-corrected chi connectivity index (χ0v) is 11.5. The smallest absolute Gasteiger partial charge is 0.232 e. The van der Waals surface area contributed by atoms with Gasteiger partial charge in [-0.05, 0) is 37.5 Å². The molecule has 1 fully saturated rings. The quantitative estimate of drug-likeness (QED) is 0.784. The standard InChI is InChI=1S/C14H19NO2S/c1-17-12-6-5-7-13(10-12)18-11-14(16)15-8-3-2-4-9-15/h5-7,10H,2-4,8-9,11H2,1H3. The van der Waals surface area contributed by atoms with E-state index in [-0.39, 0.29) is 5.91 Å². The van der Waals surface area contributed by atoms with Gasteiger partial charge in [0, 0.05) is 18.0 Å². The van der Waals surface area contributed by atoms with Gasteiger partial charge in [0.05, 0.1) is 12.9 Å². The number of ether oxygens (including phenoxy) is 1. The molecule has 3 nitrogen and oxygen atoms in total. The maximum absolute atomic E-state index is 12.0. The Kier molecular flexibility index (Phi) is 4.93. The van der Waals surface area contributed by atoms with Gasteiger partial charge in [-0.2, -0.15) is 0 Å². The van der Waals surface area contributed by atoms with Crippen molar-refractivity contribution < 1.29 is 9.53 Å². The number of amides is 1. The van der Waals surface area contributed by atoms with E-state index in [9.17, 15) is 4.79 Å². The van der Waals surface area contributed by atoms with Crippen LogP contribution in [-0.4, -0.2) is 36.8 Å². The van der Waals surface area contributed by atoms with E-state index in [0.717, 1.165) is 36.6 Å². The van der Waals surface area contributed by atoms with Crippen molar-refractivity contribution in [3.8, 4) is 5.75 Å². The van der Waals surface area contributed by atoms with Gasteiger partial charge < -0.3 is 9.64 Å². The molecule has 1 heterocycles. The molecule has 0 bridgehead atoms. The Labute approximate surface area is 113 Å². The van der Waals surface area contributed by atoms with Gasteiger partial charge in [-0.25, -0.2) is 0 Å². The number of carbonyl (C=O) groups excluding carboxylic acids is 1. The molecule has 0 aromatic heterocycles. The van der Waals surface area contributed by atoms with Crippen molar-refractivity contribution in [1.82, 2.24) is 4.90 Å². The van der Waals surface area contributed by atoms with Crippen LogP contribution in [0.3, 0.4) is 0 Å². The summed E-state index contributed by atoms with van der Waals surface area (Å²) in [4.78, 5) is 15.1. The molecule has 1 aliphatic heterocycles. The molecule has 2 rings (SSSR count). The summed E-state index contributed by atoms with van der Waals surface area (Å²) < 4.78 is 5.17. The van der Waals surface area contributed by atoms with E-state index >= 15 is 0 Å². The first kappa shape index (κ1) is 13.3. The fraction of sp³-hybridized carbons (Fsp3) is 0.500. The third-order valence-corrected chi connectivity index (χ3v) is 4.09. The Morgan fingerprint density at radius 2 is 2.11 bits per heavy atom. The van der Waals surface area contributed by atoms with Crippen LogP contribution < -0.4 is 4.74 Å². The van der Waals surface area contributed by atoms with Crippen molar-refractivity contribution in [2.24, 2.45) is 0 Å². The fourth-order valence-corrected chi connectivity index (χ4v) is 2.92. The summed E-state index contributed by atoms with van der Waals surface area (Å²) in [6, 6.07) is 7.84. The number of likely N-dealkylation sites (tertiary alicyclic amines) is 1. The lowest BCUT2D eigenvalue weighted by molar-refractivity contribution is -0.129. The monoisotopic (exact) mass is 265 g/mol. The third-order valence-electron chi connectivity index (χ3n) is 3.11. The Balaban J connectivity index is 1.84. The number of hydrogen-bond acceptors (Lipinski definition) is 3. The van der Waals surface area contributed by atoms with Gasteiger partial charge in [0.1, 0.15) is 5.75 Å². The molecule has 0 unspecified atom stereocenters. The molecular weight excluding hydrogens is 246 g/mol. The fourth-order valence-electron chi connectivity index (χ4n) is 2.07. The number of piperidine rings is 1. The Bertz CT molecular complexity index is 403. The Hall–Kier alpha value is -1.16. The largest absolute Gasteiger partial charge is 0.497 e. The summed E-state index contributed by atoms with van der Waals surface area (Å²) in [6.45, 7) is 1.86. The van der Waals surface area contributed by atoms with E-state index in [2.05, 4.69) is 0 Å². The lowest BCUT2D eigenvalue weighted by Crippen LogP contribution is -2.36. The Morgan fingerprint density at radius 1 is 1.33 bits per heavy atom. The van der Waals surface area contributed by atoms with Gasteiger partial charge >= 0.3 is 0 Å². The minimum absolute atomic E-state index is 0.252. The van der Waals surface area contributed by atoms with E-state index in [4.69, 9.17) is 4.74 Å². The molecule has 0 atom stereocenters. The molecule has 1 aromatic carbocycles. The molecule has 0 N–H and O–H groups in total. The number of methoxy groups -OCH3 is 1. The van der Waals surface area contributed by atoms with Crippen LogP contribution in [0.4, 0.5) is 0 Å². The molecule has 0 spiro atoms. The van der Waals surface area contributed by atoms with Gasteiger partial charge in [0.25, 0.3) is 0 Å². The SMILES string of the molecule is COc1cccc(SCC(=O)N2CCCCC2)c1. The highest BCUT2D eigenvalue weighted by molar-refractivity contribution is 8.00. The van der Waals surface area contributed by atoms with E-state index in [1.807, 2.05) is 29.2 Å². The normalized spacial score (nSPS) is 15.5. The molecule has 1 amide bonds. The van der Waals surface area contributed by atoms with E-state index in [1.54, 1.807) is 18.9 Å². The minimum atomic E-state index is 0.252. The molecule has 1 saturated heterocycles. The summed E-state index contributed by atoms with van der Waals surface area (Å²) in [5, 5.41) is 0. The van der Waals surface area contributed by atoms with Gasteiger partial charge in [-0.1, -0.05) is 6.07 Å². The van der Waals surface area contributed by atoms with Crippen molar-refractivity contribution in [3.05, 3.63) is 24.3 Å². The average Bonchev–Trinajstić information content (AvgIpc) is 2.46. The third kappa shape index (κ3) is 3.67. The van der Waals surface area contributed by atoms with Crippen molar-refractivity contribution in [2.45, 2.75) is 24.2 Å². The first-order valence-corrected chi connectivity index (χ1v) is 7.33. The average molecular weight is 265 g/mol. The number of hydrogen-bond donors (Lipinski definition) is 0. The summed E-state index contributed by atoms with van der Waals surface area (Å²) >= 11 is 1.58. The summed E-state index contributed by atoms with van der Waals surface area (Å²) in [5.41, 5.74) is 0. The Morgan fingerprint density at radius 3 is 2.83 bits per heavy atom. The van der Waals surface area contributed by atoms with Crippen LogP contribution in [0.15, 0.2) is 29.2 Å². The van der Waals surface area contributed by atoms with E-state index < -0.39 is 0 Å². The molecule has 1 aliphatic rings. The highest BCUT2D eigenvalue weighted by Crippen LogP contribution is 2.23. The van der Waals surface area contributed by atoms with Crippen molar-refractivity contribution >= 4 is 17.7 Å². The van der Waals surface area contributed by atoms with Gasteiger partial charge in [-0.15, -0.1) is 11.8 Å². The molecule has 0 radical (unpaired) electrons. The van der Waals surface area contributed by atoms with Crippen LogP contribution in [0.5, 0.6) is 5.75 Å². The first-order chi connectivity index (χ1) is 8.79. The number of benzene rings is 1. The maximum Gasteiger partial charge on any atom is 0.232 e. The summed E-state index contributed by atoms with van der Waals surface area (Å²) in [6.07, 6.45) is 3.55. The molecular formula is C14H19NO2S. The zero-order chi connectivity index (χ0) is 12.8. The molecule has 0 saturated carbocycles. The number of thioether (sulfide) groups is 1. The lowest BCUT2D eigenvalue weighted by Gasteiger charge is -2.26. The zero-order valence-electron chi connectivity index (χ0n) is 10.7. The maximum atomic E-state index is 12.0. The molecule has 98 valence electrons.